The Morgan fingerprint density at radius 1 is 1.37 bits per heavy atom. The van der Waals surface area contributed by atoms with Crippen molar-refractivity contribution in [3.63, 3.8) is 0 Å². The van der Waals surface area contributed by atoms with Gasteiger partial charge in [0, 0.05) is 17.0 Å². The van der Waals surface area contributed by atoms with Crippen LogP contribution >= 0.6 is 11.3 Å². The van der Waals surface area contributed by atoms with E-state index in [2.05, 4.69) is 4.98 Å². The molecule has 0 amide bonds. The van der Waals surface area contributed by atoms with Crippen LogP contribution in [0.2, 0.25) is 0 Å². The summed E-state index contributed by atoms with van der Waals surface area (Å²) in [6, 6.07) is 5.97. The normalized spacial score (nSPS) is 11.0. The standard InChI is InChI=1S/C14H18N2O2S/c1-9-5-6-11(18-4)10(7-9)13-12(8-16(2)3)19-14(17)15-13/h5-7H,8H2,1-4H3,(H,15,17). The van der Waals surface area contributed by atoms with Crippen molar-refractivity contribution in [1.29, 1.82) is 0 Å². The zero-order valence-corrected chi connectivity index (χ0v) is 12.4. The van der Waals surface area contributed by atoms with E-state index in [1.807, 2.05) is 44.1 Å². The molecule has 1 N–H and O–H groups in total. The Labute approximate surface area is 116 Å². The van der Waals surface area contributed by atoms with Crippen LogP contribution < -0.4 is 9.61 Å². The van der Waals surface area contributed by atoms with Gasteiger partial charge in [0.25, 0.3) is 0 Å². The summed E-state index contributed by atoms with van der Waals surface area (Å²) in [6.07, 6.45) is 0. The summed E-state index contributed by atoms with van der Waals surface area (Å²) in [5.41, 5.74) is 2.95. The van der Waals surface area contributed by atoms with Crippen molar-refractivity contribution in [2.75, 3.05) is 21.2 Å². The lowest BCUT2D eigenvalue weighted by Gasteiger charge is -2.12. The SMILES string of the molecule is COc1ccc(C)cc1-c1[nH]c(=O)sc1CN(C)C. The van der Waals surface area contributed by atoms with E-state index in [1.165, 1.54) is 11.3 Å². The average molecular weight is 278 g/mol. The molecule has 0 aliphatic rings. The van der Waals surface area contributed by atoms with Crippen molar-refractivity contribution in [2.24, 2.45) is 0 Å². The van der Waals surface area contributed by atoms with Gasteiger partial charge in [0.05, 0.1) is 12.8 Å². The smallest absolute Gasteiger partial charge is 0.305 e. The highest BCUT2D eigenvalue weighted by atomic mass is 32.1. The molecule has 1 heterocycles. The van der Waals surface area contributed by atoms with Crippen molar-refractivity contribution in [2.45, 2.75) is 13.5 Å². The number of thiazole rings is 1. The van der Waals surface area contributed by atoms with E-state index in [0.717, 1.165) is 34.0 Å². The Bertz CT molecular complexity index is 629. The Morgan fingerprint density at radius 2 is 2.11 bits per heavy atom. The van der Waals surface area contributed by atoms with E-state index in [1.54, 1.807) is 7.11 Å². The van der Waals surface area contributed by atoms with Crippen LogP contribution in [0.5, 0.6) is 5.75 Å². The quantitative estimate of drug-likeness (QED) is 0.934. The molecule has 5 heteroatoms. The summed E-state index contributed by atoms with van der Waals surface area (Å²) in [5, 5.41) is 0. The minimum atomic E-state index is -0.0320. The largest absolute Gasteiger partial charge is 0.496 e. The van der Waals surface area contributed by atoms with Crippen molar-refractivity contribution in [3.05, 3.63) is 38.3 Å². The molecule has 19 heavy (non-hydrogen) atoms. The third kappa shape index (κ3) is 3.05. The number of methoxy groups -OCH3 is 1. The highest BCUT2D eigenvalue weighted by molar-refractivity contribution is 7.09. The summed E-state index contributed by atoms with van der Waals surface area (Å²) in [4.78, 5) is 17.6. The minimum absolute atomic E-state index is 0.0320. The lowest BCUT2D eigenvalue weighted by Crippen LogP contribution is -2.10. The predicted molar refractivity (Wildman–Crippen MR) is 79.1 cm³/mol. The first-order valence-electron chi connectivity index (χ1n) is 6.03. The van der Waals surface area contributed by atoms with Gasteiger partial charge in [0.15, 0.2) is 0 Å². The van der Waals surface area contributed by atoms with E-state index in [0.29, 0.717) is 0 Å². The van der Waals surface area contributed by atoms with Gasteiger partial charge in [-0.1, -0.05) is 23.0 Å². The first-order valence-corrected chi connectivity index (χ1v) is 6.84. The molecule has 1 aromatic heterocycles. The van der Waals surface area contributed by atoms with E-state index in [-0.39, 0.29) is 4.87 Å². The Kier molecular flexibility index (Phi) is 4.07. The first-order chi connectivity index (χ1) is 9.01. The van der Waals surface area contributed by atoms with E-state index in [9.17, 15) is 4.79 Å². The molecule has 0 bridgehead atoms. The number of hydrogen-bond donors (Lipinski definition) is 1. The monoisotopic (exact) mass is 278 g/mol. The predicted octanol–water partition coefficient (Wildman–Crippen LogP) is 2.48. The molecule has 1 aromatic carbocycles. The minimum Gasteiger partial charge on any atom is -0.496 e. The third-order valence-electron chi connectivity index (χ3n) is 2.81. The molecule has 0 saturated carbocycles. The molecule has 0 radical (unpaired) electrons. The number of H-pyrrole nitrogens is 1. The fraction of sp³-hybridized carbons (Fsp3) is 0.357. The highest BCUT2D eigenvalue weighted by Gasteiger charge is 2.15. The summed E-state index contributed by atoms with van der Waals surface area (Å²) in [5.74, 6) is 0.777. The Morgan fingerprint density at radius 3 is 2.74 bits per heavy atom. The maximum absolute atomic E-state index is 11.7. The summed E-state index contributed by atoms with van der Waals surface area (Å²) < 4.78 is 5.39. The molecule has 0 spiro atoms. The third-order valence-corrected chi connectivity index (χ3v) is 3.67. The summed E-state index contributed by atoms with van der Waals surface area (Å²) in [6.45, 7) is 2.76. The van der Waals surface area contributed by atoms with Gasteiger partial charge in [0.2, 0.25) is 0 Å². The lowest BCUT2D eigenvalue weighted by molar-refractivity contribution is 0.405. The van der Waals surface area contributed by atoms with E-state index >= 15 is 0 Å². The lowest BCUT2D eigenvalue weighted by atomic mass is 10.1. The van der Waals surface area contributed by atoms with Gasteiger partial charge >= 0.3 is 4.87 Å². The van der Waals surface area contributed by atoms with E-state index in [4.69, 9.17) is 4.74 Å². The second kappa shape index (κ2) is 5.59. The number of nitrogens with zero attached hydrogens (tertiary/aromatic N) is 1. The number of aromatic amines is 1. The maximum atomic E-state index is 11.7. The van der Waals surface area contributed by atoms with Crippen LogP contribution in [-0.4, -0.2) is 31.1 Å². The number of benzene rings is 1. The van der Waals surface area contributed by atoms with Gasteiger partial charge in [-0.25, -0.2) is 0 Å². The average Bonchev–Trinajstić information content (AvgIpc) is 2.69. The second-order valence-corrected chi connectivity index (χ2v) is 5.82. The number of hydrogen-bond acceptors (Lipinski definition) is 4. The van der Waals surface area contributed by atoms with Gasteiger partial charge in [-0.15, -0.1) is 0 Å². The molecular formula is C14H18N2O2S. The van der Waals surface area contributed by atoms with Crippen LogP contribution in [0.3, 0.4) is 0 Å². The number of aryl methyl sites for hydroxylation is 1. The van der Waals surface area contributed by atoms with Gasteiger partial charge in [-0.3, -0.25) is 4.79 Å². The molecule has 0 fully saturated rings. The molecular weight excluding hydrogens is 260 g/mol. The Hall–Kier alpha value is -1.59. The Balaban J connectivity index is 2.57. The van der Waals surface area contributed by atoms with Crippen molar-refractivity contribution in [1.82, 2.24) is 9.88 Å². The van der Waals surface area contributed by atoms with Crippen molar-refractivity contribution >= 4 is 11.3 Å². The second-order valence-electron chi connectivity index (χ2n) is 4.75. The molecule has 0 saturated heterocycles. The molecule has 0 unspecified atom stereocenters. The fourth-order valence-electron chi connectivity index (χ4n) is 1.99. The molecule has 2 rings (SSSR count). The van der Waals surface area contributed by atoms with Crippen LogP contribution in [0, 0.1) is 6.92 Å². The summed E-state index contributed by atoms with van der Waals surface area (Å²) >= 11 is 1.25. The zero-order chi connectivity index (χ0) is 14.0. The number of ether oxygens (including phenoxy) is 1. The van der Waals surface area contributed by atoms with Crippen LogP contribution in [-0.2, 0) is 6.54 Å². The molecule has 102 valence electrons. The van der Waals surface area contributed by atoms with Crippen LogP contribution in [0.4, 0.5) is 0 Å². The van der Waals surface area contributed by atoms with E-state index < -0.39 is 0 Å². The van der Waals surface area contributed by atoms with Crippen LogP contribution in [0.1, 0.15) is 10.4 Å². The van der Waals surface area contributed by atoms with Crippen LogP contribution in [0.15, 0.2) is 23.0 Å². The highest BCUT2D eigenvalue weighted by Crippen LogP contribution is 2.32. The van der Waals surface area contributed by atoms with Gasteiger partial charge in [0.1, 0.15) is 5.75 Å². The van der Waals surface area contributed by atoms with Crippen LogP contribution in [0.25, 0.3) is 11.3 Å². The maximum Gasteiger partial charge on any atom is 0.305 e. The molecule has 4 nitrogen and oxygen atoms in total. The molecule has 0 atom stereocenters. The number of aromatic nitrogens is 1. The fourth-order valence-corrected chi connectivity index (χ4v) is 2.96. The van der Waals surface area contributed by atoms with Gasteiger partial charge < -0.3 is 14.6 Å². The molecule has 0 aliphatic carbocycles. The first kappa shape index (κ1) is 13.8. The van der Waals surface area contributed by atoms with Crippen molar-refractivity contribution < 1.29 is 4.74 Å². The molecule has 2 aromatic rings. The van der Waals surface area contributed by atoms with Crippen molar-refractivity contribution in [3.8, 4) is 17.0 Å². The van der Waals surface area contributed by atoms with Gasteiger partial charge in [-0.05, 0) is 33.2 Å². The zero-order valence-electron chi connectivity index (χ0n) is 11.6. The van der Waals surface area contributed by atoms with Gasteiger partial charge in [-0.2, -0.15) is 0 Å². The topological polar surface area (TPSA) is 45.3 Å². The number of rotatable bonds is 4. The number of nitrogens with one attached hydrogen (secondary N) is 1. The molecule has 0 aliphatic heterocycles. The summed E-state index contributed by atoms with van der Waals surface area (Å²) in [7, 11) is 5.62.